The summed E-state index contributed by atoms with van der Waals surface area (Å²) in [6.45, 7) is 1.88. The van der Waals surface area contributed by atoms with Gasteiger partial charge in [0.2, 0.25) is 5.82 Å². The van der Waals surface area contributed by atoms with Crippen LogP contribution in [0.25, 0.3) is 22.2 Å². The molecule has 2 N–H and O–H groups in total. The molecular weight excluding hydrogens is 284 g/mol. The van der Waals surface area contributed by atoms with Gasteiger partial charge in [0.15, 0.2) is 11.6 Å². The lowest BCUT2D eigenvalue weighted by molar-refractivity contribution is 0.433. The van der Waals surface area contributed by atoms with E-state index in [2.05, 4.69) is 10.1 Å². The Morgan fingerprint density at radius 2 is 2.05 bits per heavy atom. The standard InChI is InChI=1S/C13H9F2N3OS/c1-6-5-20-11(10(6)16)13-17-12(18-19-13)7-2-3-8(14)9(15)4-7/h2-5H,16H2,1H3. The Morgan fingerprint density at radius 1 is 1.25 bits per heavy atom. The molecule has 7 heteroatoms. The molecule has 0 amide bonds. The fourth-order valence-electron chi connectivity index (χ4n) is 1.69. The van der Waals surface area contributed by atoms with Crippen LogP contribution in [0.5, 0.6) is 0 Å². The third-order valence-corrected chi connectivity index (χ3v) is 3.92. The van der Waals surface area contributed by atoms with Gasteiger partial charge in [0.05, 0.1) is 5.69 Å². The van der Waals surface area contributed by atoms with Gasteiger partial charge in [0.25, 0.3) is 5.89 Å². The van der Waals surface area contributed by atoms with Gasteiger partial charge in [-0.1, -0.05) is 5.16 Å². The van der Waals surface area contributed by atoms with Crippen LogP contribution < -0.4 is 5.73 Å². The molecule has 0 radical (unpaired) electrons. The van der Waals surface area contributed by atoms with Gasteiger partial charge in [-0.2, -0.15) is 4.98 Å². The van der Waals surface area contributed by atoms with Gasteiger partial charge in [0, 0.05) is 5.56 Å². The SMILES string of the molecule is Cc1csc(-c2nc(-c3ccc(F)c(F)c3)no2)c1N. The number of aromatic nitrogens is 2. The normalized spacial score (nSPS) is 10.9. The summed E-state index contributed by atoms with van der Waals surface area (Å²) in [5.41, 5.74) is 7.75. The maximum Gasteiger partial charge on any atom is 0.270 e. The Morgan fingerprint density at radius 3 is 2.70 bits per heavy atom. The second-order valence-electron chi connectivity index (χ2n) is 4.21. The van der Waals surface area contributed by atoms with Gasteiger partial charge in [-0.3, -0.25) is 0 Å². The van der Waals surface area contributed by atoms with E-state index in [0.29, 0.717) is 16.1 Å². The van der Waals surface area contributed by atoms with Crippen molar-refractivity contribution in [1.82, 2.24) is 10.1 Å². The molecule has 0 aliphatic rings. The summed E-state index contributed by atoms with van der Waals surface area (Å²) in [4.78, 5) is 4.83. The van der Waals surface area contributed by atoms with Crippen LogP contribution in [0.1, 0.15) is 5.56 Å². The molecule has 0 saturated carbocycles. The lowest BCUT2D eigenvalue weighted by Gasteiger charge is -1.95. The zero-order valence-electron chi connectivity index (χ0n) is 10.4. The molecule has 2 aromatic heterocycles. The highest BCUT2D eigenvalue weighted by Crippen LogP contribution is 2.34. The van der Waals surface area contributed by atoms with E-state index in [9.17, 15) is 8.78 Å². The highest BCUT2D eigenvalue weighted by atomic mass is 32.1. The Labute approximate surface area is 116 Å². The van der Waals surface area contributed by atoms with E-state index < -0.39 is 11.6 Å². The summed E-state index contributed by atoms with van der Waals surface area (Å²) in [6.07, 6.45) is 0. The van der Waals surface area contributed by atoms with Crippen molar-refractivity contribution < 1.29 is 13.3 Å². The van der Waals surface area contributed by atoms with E-state index in [0.717, 1.165) is 17.7 Å². The van der Waals surface area contributed by atoms with Gasteiger partial charge in [-0.25, -0.2) is 8.78 Å². The number of hydrogen-bond acceptors (Lipinski definition) is 5. The number of thiophene rings is 1. The fraction of sp³-hybridized carbons (Fsp3) is 0.0769. The minimum atomic E-state index is -0.958. The van der Waals surface area contributed by atoms with Crippen molar-refractivity contribution in [3.8, 4) is 22.2 Å². The number of nitrogen functional groups attached to an aromatic ring is 1. The van der Waals surface area contributed by atoms with E-state index in [1.165, 1.54) is 17.4 Å². The first-order valence-electron chi connectivity index (χ1n) is 5.69. The van der Waals surface area contributed by atoms with Crippen molar-refractivity contribution in [1.29, 1.82) is 0 Å². The molecule has 1 aromatic carbocycles. The molecule has 3 aromatic rings. The fourth-order valence-corrected chi connectivity index (χ4v) is 2.58. The van der Waals surface area contributed by atoms with E-state index in [4.69, 9.17) is 10.3 Å². The van der Waals surface area contributed by atoms with Crippen LogP contribution in [0, 0.1) is 18.6 Å². The average molecular weight is 293 g/mol. The largest absolute Gasteiger partial charge is 0.397 e. The number of hydrogen-bond donors (Lipinski definition) is 1. The van der Waals surface area contributed by atoms with Crippen LogP contribution >= 0.6 is 11.3 Å². The summed E-state index contributed by atoms with van der Waals surface area (Å²) < 4.78 is 31.2. The third kappa shape index (κ3) is 2.05. The van der Waals surface area contributed by atoms with Crippen molar-refractivity contribution >= 4 is 17.0 Å². The molecule has 0 spiro atoms. The monoisotopic (exact) mass is 293 g/mol. The van der Waals surface area contributed by atoms with Crippen LogP contribution in [0.2, 0.25) is 0 Å². The van der Waals surface area contributed by atoms with Gasteiger partial charge in [-0.05, 0) is 36.1 Å². The molecule has 20 heavy (non-hydrogen) atoms. The predicted octanol–water partition coefficient (Wildman–Crippen LogP) is 3.63. The molecule has 0 aliphatic carbocycles. The maximum atomic E-state index is 13.2. The van der Waals surface area contributed by atoms with Crippen LogP contribution in [-0.4, -0.2) is 10.1 Å². The van der Waals surface area contributed by atoms with E-state index in [1.54, 1.807) is 0 Å². The van der Waals surface area contributed by atoms with Crippen LogP contribution in [-0.2, 0) is 0 Å². The number of benzene rings is 1. The number of rotatable bonds is 2. The first-order valence-corrected chi connectivity index (χ1v) is 6.57. The van der Waals surface area contributed by atoms with Gasteiger partial charge < -0.3 is 10.3 Å². The Hall–Kier alpha value is -2.28. The molecule has 102 valence electrons. The molecule has 0 bridgehead atoms. The van der Waals surface area contributed by atoms with Gasteiger partial charge >= 0.3 is 0 Å². The number of halogens is 2. The maximum absolute atomic E-state index is 13.2. The second kappa shape index (κ2) is 4.68. The van der Waals surface area contributed by atoms with Crippen molar-refractivity contribution in [2.24, 2.45) is 0 Å². The second-order valence-corrected chi connectivity index (χ2v) is 5.09. The average Bonchev–Trinajstić information content (AvgIpc) is 3.02. The number of nitrogens with two attached hydrogens (primary N) is 1. The molecule has 0 atom stereocenters. The van der Waals surface area contributed by atoms with Crippen LogP contribution in [0.15, 0.2) is 28.1 Å². The molecule has 0 aliphatic heterocycles. The van der Waals surface area contributed by atoms with Crippen molar-refractivity contribution in [3.05, 3.63) is 40.8 Å². The zero-order chi connectivity index (χ0) is 14.3. The van der Waals surface area contributed by atoms with Crippen molar-refractivity contribution in [3.63, 3.8) is 0 Å². The van der Waals surface area contributed by atoms with Gasteiger partial charge in [-0.15, -0.1) is 11.3 Å². The Bertz CT molecular complexity index is 782. The summed E-state index contributed by atoms with van der Waals surface area (Å²) in [5.74, 6) is -1.43. The summed E-state index contributed by atoms with van der Waals surface area (Å²) >= 11 is 1.39. The number of aryl methyl sites for hydroxylation is 1. The third-order valence-electron chi connectivity index (χ3n) is 2.82. The quantitative estimate of drug-likeness (QED) is 0.783. The molecule has 4 nitrogen and oxygen atoms in total. The lowest BCUT2D eigenvalue weighted by atomic mass is 10.2. The lowest BCUT2D eigenvalue weighted by Crippen LogP contribution is -1.88. The zero-order valence-corrected chi connectivity index (χ0v) is 11.2. The summed E-state index contributed by atoms with van der Waals surface area (Å²) in [6, 6.07) is 3.42. The minimum Gasteiger partial charge on any atom is -0.397 e. The summed E-state index contributed by atoms with van der Waals surface area (Å²) in [7, 11) is 0. The smallest absolute Gasteiger partial charge is 0.270 e. The van der Waals surface area contributed by atoms with Crippen LogP contribution in [0.3, 0.4) is 0 Å². The van der Waals surface area contributed by atoms with Gasteiger partial charge in [0.1, 0.15) is 4.88 Å². The van der Waals surface area contributed by atoms with E-state index in [-0.39, 0.29) is 11.7 Å². The molecule has 0 fully saturated rings. The van der Waals surface area contributed by atoms with E-state index >= 15 is 0 Å². The highest BCUT2D eigenvalue weighted by molar-refractivity contribution is 7.14. The first-order chi connectivity index (χ1) is 9.56. The van der Waals surface area contributed by atoms with Crippen LogP contribution in [0.4, 0.5) is 14.5 Å². The highest BCUT2D eigenvalue weighted by Gasteiger charge is 2.16. The number of anilines is 1. The molecule has 0 unspecified atom stereocenters. The molecule has 0 saturated heterocycles. The molecule has 3 rings (SSSR count). The minimum absolute atomic E-state index is 0.185. The molecule has 2 heterocycles. The number of nitrogens with zero attached hydrogens (tertiary/aromatic N) is 2. The van der Waals surface area contributed by atoms with E-state index in [1.807, 2.05) is 12.3 Å². The molecular formula is C13H9F2N3OS. The van der Waals surface area contributed by atoms with Crippen molar-refractivity contribution in [2.75, 3.05) is 5.73 Å². The Kier molecular flexibility index (Phi) is 2.98. The topological polar surface area (TPSA) is 64.9 Å². The first kappa shape index (κ1) is 12.7. The Balaban J connectivity index is 2.01. The predicted molar refractivity (Wildman–Crippen MR) is 72.1 cm³/mol. The van der Waals surface area contributed by atoms with Crippen molar-refractivity contribution in [2.45, 2.75) is 6.92 Å². The summed E-state index contributed by atoms with van der Waals surface area (Å²) in [5, 5.41) is 5.64.